The first kappa shape index (κ1) is 7.98. The van der Waals surface area contributed by atoms with Gasteiger partial charge >= 0.3 is 0 Å². The second kappa shape index (κ2) is 3.09. The third-order valence-corrected chi connectivity index (χ3v) is 3.00. The fourth-order valence-electron chi connectivity index (χ4n) is 2.28. The Labute approximate surface area is 83.5 Å². The van der Waals surface area contributed by atoms with E-state index in [4.69, 9.17) is 0 Å². The van der Waals surface area contributed by atoms with Gasteiger partial charge in [-0.25, -0.2) is 4.99 Å². The summed E-state index contributed by atoms with van der Waals surface area (Å²) in [5.74, 6) is 0. The Morgan fingerprint density at radius 2 is 2.00 bits per heavy atom. The number of nitrogens with zero attached hydrogens (tertiary/aromatic N) is 1. The summed E-state index contributed by atoms with van der Waals surface area (Å²) in [5, 5.41) is 2.52. The van der Waals surface area contributed by atoms with Crippen LogP contribution in [0.3, 0.4) is 0 Å². The van der Waals surface area contributed by atoms with Gasteiger partial charge in [0.05, 0.1) is 11.1 Å². The molecule has 1 heteroatoms. The van der Waals surface area contributed by atoms with Crippen molar-refractivity contribution in [3.05, 3.63) is 46.6 Å². The van der Waals surface area contributed by atoms with Gasteiger partial charge in [-0.2, -0.15) is 0 Å². The molecule has 0 atom stereocenters. The lowest BCUT2D eigenvalue weighted by atomic mass is 10.1. The molecule has 70 valence electrons. The third-order valence-electron chi connectivity index (χ3n) is 3.00. The number of fused-ring (bicyclic) bond motifs is 2. The molecule has 3 rings (SSSR count). The summed E-state index contributed by atoms with van der Waals surface area (Å²) in [7, 11) is 0. The molecule has 0 aromatic heterocycles. The fourth-order valence-corrected chi connectivity index (χ4v) is 2.28. The van der Waals surface area contributed by atoms with Crippen LogP contribution in [0, 0.1) is 0 Å². The summed E-state index contributed by atoms with van der Waals surface area (Å²) in [4.78, 5) is 4.66. The molecule has 1 aliphatic carbocycles. The summed E-state index contributed by atoms with van der Waals surface area (Å²) in [6.07, 6.45) is 7.30. The highest BCUT2D eigenvalue weighted by molar-refractivity contribution is 5.66. The lowest BCUT2D eigenvalue weighted by Crippen LogP contribution is -2.21. The van der Waals surface area contributed by atoms with Crippen LogP contribution in [0.2, 0.25) is 0 Å². The second-order valence-corrected chi connectivity index (χ2v) is 3.94. The van der Waals surface area contributed by atoms with E-state index in [1.165, 1.54) is 42.2 Å². The lowest BCUT2D eigenvalue weighted by Gasteiger charge is -1.98. The molecule has 0 fully saturated rings. The Kier molecular flexibility index (Phi) is 1.76. The first-order chi connectivity index (χ1) is 6.95. The Morgan fingerprint density at radius 1 is 1.07 bits per heavy atom. The lowest BCUT2D eigenvalue weighted by molar-refractivity contribution is 0.781. The largest absolute Gasteiger partial charge is 0.248 e. The second-order valence-electron chi connectivity index (χ2n) is 3.94. The smallest absolute Gasteiger partial charge is 0.0712 e. The predicted molar refractivity (Wildman–Crippen MR) is 57.2 cm³/mol. The average Bonchev–Trinajstić information content (AvgIpc) is 2.42. The van der Waals surface area contributed by atoms with Crippen LogP contribution in [-0.2, 0) is 0 Å². The van der Waals surface area contributed by atoms with Gasteiger partial charge < -0.3 is 0 Å². The molecule has 1 nitrogen and oxygen atoms in total. The van der Waals surface area contributed by atoms with E-state index < -0.39 is 0 Å². The minimum Gasteiger partial charge on any atom is -0.248 e. The summed E-state index contributed by atoms with van der Waals surface area (Å²) < 4.78 is 0. The molecule has 0 amide bonds. The van der Waals surface area contributed by atoms with Crippen molar-refractivity contribution in [3.8, 4) is 0 Å². The Morgan fingerprint density at radius 3 is 3.00 bits per heavy atom. The maximum absolute atomic E-state index is 4.66. The monoisotopic (exact) mass is 183 g/mol. The molecule has 14 heavy (non-hydrogen) atoms. The third kappa shape index (κ3) is 1.12. The maximum atomic E-state index is 4.66. The predicted octanol–water partition coefficient (Wildman–Crippen LogP) is 1.93. The van der Waals surface area contributed by atoms with E-state index in [2.05, 4.69) is 35.3 Å². The van der Waals surface area contributed by atoms with Crippen molar-refractivity contribution in [2.45, 2.75) is 25.7 Å². The molecule has 1 aromatic rings. The molecule has 2 aliphatic rings. The first-order valence-corrected chi connectivity index (χ1v) is 5.33. The van der Waals surface area contributed by atoms with Crippen molar-refractivity contribution >= 4 is 5.57 Å². The van der Waals surface area contributed by atoms with Crippen LogP contribution in [0.25, 0.3) is 5.57 Å². The van der Waals surface area contributed by atoms with Crippen LogP contribution in [0.1, 0.15) is 25.7 Å². The Bertz CT molecular complexity index is 508. The highest BCUT2D eigenvalue weighted by Gasteiger charge is 2.13. The quantitative estimate of drug-likeness (QED) is 0.583. The molecule has 1 heterocycles. The maximum Gasteiger partial charge on any atom is 0.0712 e. The zero-order valence-corrected chi connectivity index (χ0v) is 8.16. The molecular weight excluding hydrogens is 170 g/mol. The van der Waals surface area contributed by atoms with Crippen molar-refractivity contribution in [2.24, 2.45) is 4.99 Å². The number of hydrogen-bond acceptors (Lipinski definition) is 1. The number of benzene rings is 1. The SMILES string of the molecule is C1=C2N=c3ccccc3=C2CCCC1. The van der Waals surface area contributed by atoms with Gasteiger partial charge in [0.15, 0.2) is 0 Å². The summed E-state index contributed by atoms with van der Waals surface area (Å²) >= 11 is 0. The van der Waals surface area contributed by atoms with Crippen LogP contribution in [0.15, 0.2) is 41.0 Å². The van der Waals surface area contributed by atoms with Gasteiger partial charge in [-0.1, -0.05) is 24.3 Å². The highest BCUT2D eigenvalue weighted by atomic mass is 14.8. The molecule has 0 spiro atoms. The van der Waals surface area contributed by atoms with Crippen molar-refractivity contribution in [3.63, 3.8) is 0 Å². The van der Waals surface area contributed by atoms with E-state index >= 15 is 0 Å². The molecule has 0 saturated carbocycles. The topological polar surface area (TPSA) is 12.4 Å². The molecule has 1 aliphatic heterocycles. The summed E-state index contributed by atoms with van der Waals surface area (Å²) in [6.45, 7) is 0. The number of hydrogen-bond donors (Lipinski definition) is 0. The molecule has 1 aromatic carbocycles. The molecule has 0 N–H and O–H groups in total. The first-order valence-electron chi connectivity index (χ1n) is 5.33. The van der Waals surface area contributed by atoms with Gasteiger partial charge in [-0.3, -0.25) is 0 Å². The van der Waals surface area contributed by atoms with E-state index in [0.29, 0.717) is 0 Å². The van der Waals surface area contributed by atoms with Gasteiger partial charge in [0.25, 0.3) is 0 Å². The van der Waals surface area contributed by atoms with Gasteiger partial charge in [0, 0.05) is 5.22 Å². The number of para-hydroxylation sites is 1. The Balaban J connectivity index is 2.33. The normalized spacial score (nSPS) is 19.1. The van der Waals surface area contributed by atoms with Crippen LogP contribution in [-0.4, -0.2) is 0 Å². The van der Waals surface area contributed by atoms with Crippen LogP contribution >= 0.6 is 0 Å². The zero-order chi connectivity index (χ0) is 9.38. The molecule has 0 radical (unpaired) electrons. The average molecular weight is 183 g/mol. The molecular formula is C13H13N. The van der Waals surface area contributed by atoms with Gasteiger partial charge in [-0.05, 0) is 37.3 Å². The van der Waals surface area contributed by atoms with E-state index in [9.17, 15) is 0 Å². The van der Waals surface area contributed by atoms with E-state index in [0.717, 1.165) is 5.36 Å². The van der Waals surface area contributed by atoms with E-state index in [1.54, 1.807) is 0 Å². The molecule has 0 unspecified atom stereocenters. The highest BCUT2D eigenvalue weighted by Crippen LogP contribution is 2.25. The molecule has 0 saturated heterocycles. The Hall–Kier alpha value is -1.37. The van der Waals surface area contributed by atoms with Crippen LogP contribution < -0.4 is 10.6 Å². The van der Waals surface area contributed by atoms with E-state index in [1.807, 2.05) is 0 Å². The molecule has 0 bridgehead atoms. The standard InChI is InChI=1S/C13H13N/c1-2-6-10-11-7-4-5-9-13(11)14-12(10)8-3-1/h4-5,7-9H,1-3,6H2. The van der Waals surface area contributed by atoms with Crippen molar-refractivity contribution in [2.75, 3.05) is 0 Å². The summed E-state index contributed by atoms with van der Waals surface area (Å²) in [5.41, 5.74) is 2.71. The number of rotatable bonds is 0. The minimum atomic E-state index is 1.16. The van der Waals surface area contributed by atoms with Crippen molar-refractivity contribution in [1.82, 2.24) is 0 Å². The van der Waals surface area contributed by atoms with Gasteiger partial charge in [-0.15, -0.1) is 0 Å². The number of allylic oxidation sites excluding steroid dienone is 2. The van der Waals surface area contributed by atoms with Gasteiger partial charge in [0.1, 0.15) is 0 Å². The fraction of sp³-hybridized carbons (Fsp3) is 0.308. The zero-order valence-electron chi connectivity index (χ0n) is 8.16. The summed E-state index contributed by atoms with van der Waals surface area (Å²) in [6, 6.07) is 8.47. The van der Waals surface area contributed by atoms with Crippen molar-refractivity contribution in [1.29, 1.82) is 0 Å². The van der Waals surface area contributed by atoms with Crippen LogP contribution in [0.4, 0.5) is 0 Å². The van der Waals surface area contributed by atoms with E-state index in [-0.39, 0.29) is 0 Å². The van der Waals surface area contributed by atoms with Gasteiger partial charge in [0.2, 0.25) is 0 Å². The van der Waals surface area contributed by atoms with Crippen LogP contribution in [0.5, 0.6) is 0 Å². The van der Waals surface area contributed by atoms with Crippen molar-refractivity contribution < 1.29 is 0 Å². The minimum absolute atomic E-state index is 1.16.